The van der Waals surface area contributed by atoms with Crippen molar-refractivity contribution in [1.29, 1.82) is 0 Å². The van der Waals surface area contributed by atoms with Crippen molar-refractivity contribution in [2.75, 3.05) is 0 Å². The predicted octanol–water partition coefficient (Wildman–Crippen LogP) is 3.16. The number of aromatic nitrogens is 5. The van der Waals surface area contributed by atoms with Crippen LogP contribution in [0.3, 0.4) is 0 Å². The van der Waals surface area contributed by atoms with Crippen molar-refractivity contribution in [1.82, 2.24) is 30.0 Å². The minimum atomic E-state index is -0.675. The van der Waals surface area contributed by atoms with Crippen LogP contribution in [0.2, 0.25) is 0 Å². The third-order valence-electron chi connectivity index (χ3n) is 5.10. The molecular formula is C24H24N6O2. The van der Waals surface area contributed by atoms with Crippen LogP contribution in [-0.2, 0) is 6.54 Å². The summed E-state index contributed by atoms with van der Waals surface area (Å²) in [5, 5.41) is 21.2. The Morgan fingerprint density at radius 3 is 2.91 bits per heavy atom. The number of rotatable bonds is 8. The first-order valence-corrected chi connectivity index (χ1v) is 10.4. The number of aliphatic hydroxyl groups is 1. The van der Waals surface area contributed by atoms with Gasteiger partial charge in [0.15, 0.2) is 5.82 Å². The van der Waals surface area contributed by atoms with E-state index in [-0.39, 0.29) is 5.91 Å². The van der Waals surface area contributed by atoms with E-state index in [0.717, 1.165) is 29.5 Å². The number of allylic oxidation sites excluding steroid dienone is 5. The lowest BCUT2D eigenvalue weighted by Gasteiger charge is -2.11. The lowest BCUT2D eigenvalue weighted by Crippen LogP contribution is -2.19. The van der Waals surface area contributed by atoms with Gasteiger partial charge in [-0.3, -0.25) is 14.8 Å². The van der Waals surface area contributed by atoms with Gasteiger partial charge in [-0.05, 0) is 49.6 Å². The number of pyridine rings is 2. The van der Waals surface area contributed by atoms with E-state index in [1.54, 1.807) is 43.3 Å². The van der Waals surface area contributed by atoms with Crippen LogP contribution in [0.5, 0.6) is 0 Å². The third kappa shape index (κ3) is 5.22. The monoisotopic (exact) mass is 428 g/mol. The molecule has 0 spiro atoms. The Morgan fingerprint density at radius 2 is 2.16 bits per heavy atom. The Morgan fingerprint density at radius 1 is 1.28 bits per heavy atom. The largest absolute Gasteiger partial charge is 0.388 e. The SMILES string of the molecule is C\C=C/C=C(\C=C\NC(=O)c1cc(-c2cccnc2)ccn1)c1nncn1CC1(O)CC1. The van der Waals surface area contributed by atoms with E-state index in [0.29, 0.717) is 18.1 Å². The lowest BCUT2D eigenvalue weighted by molar-refractivity contribution is 0.0965. The molecule has 0 aromatic carbocycles. The molecule has 0 unspecified atom stereocenters. The molecule has 8 nitrogen and oxygen atoms in total. The zero-order valence-corrected chi connectivity index (χ0v) is 17.7. The molecule has 0 bridgehead atoms. The van der Waals surface area contributed by atoms with Crippen LogP contribution < -0.4 is 5.32 Å². The number of nitrogens with zero attached hydrogens (tertiary/aromatic N) is 5. The maximum Gasteiger partial charge on any atom is 0.273 e. The van der Waals surface area contributed by atoms with Gasteiger partial charge in [-0.15, -0.1) is 10.2 Å². The fourth-order valence-electron chi connectivity index (χ4n) is 3.17. The molecule has 1 saturated carbocycles. The Kier molecular flexibility index (Phi) is 6.32. The van der Waals surface area contributed by atoms with Gasteiger partial charge in [0, 0.05) is 35.9 Å². The van der Waals surface area contributed by atoms with Gasteiger partial charge in [-0.2, -0.15) is 0 Å². The van der Waals surface area contributed by atoms with Gasteiger partial charge in [0.25, 0.3) is 5.91 Å². The molecule has 32 heavy (non-hydrogen) atoms. The van der Waals surface area contributed by atoms with Gasteiger partial charge in [0.1, 0.15) is 12.0 Å². The van der Waals surface area contributed by atoms with Crippen LogP contribution in [0.1, 0.15) is 36.1 Å². The van der Waals surface area contributed by atoms with Crippen LogP contribution in [0.15, 0.2) is 79.7 Å². The van der Waals surface area contributed by atoms with Crippen LogP contribution in [0.25, 0.3) is 16.7 Å². The number of hydrogen-bond acceptors (Lipinski definition) is 6. The minimum absolute atomic E-state index is 0.300. The van der Waals surface area contributed by atoms with E-state index in [4.69, 9.17) is 0 Å². The zero-order valence-electron chi connectivity index (χ0n) is 17.7. The van der Waals surface area contributed by atoms with Crippen LogP contribution in [-0.4, -0.2) is 41.3 Å². The van der Waals surface area contributed by atoms with Crippen molar-refractivity contribution in [3.8, 4) is 11.1 Å². The Balaban J connectivity index is 1.49. The summed E-state index contributed by atoms with van der Waals surface area (Å²) in [4.78, 5) is 20.9. The minimum Gasteiger partial charge on any atom is -0.388 e. The molecule has 1 aliphatic rings. The molecule has 0 aliphatic heterocycles. The van der Waals surface area contributed by atoms with Crippen molar-refractivity contribution < 1.29 is 9.90 Å². The summed E-state index contributed by atoms with van der Waals surface area (Å²) in [6, 6.07) is 7.33. The summed E-state index contributed by atoms with van der Waals surface area (Å²) in [5.41, 5.74) is 2.15. The first kappa shape index (κ1) is 21.3. The van der Waals surface area contributed by atoms with Gasteiger partial charge in [0.2, 0.25) is 0 Å². The first-order valence-electron chi connectivity index (χ1n) is 10.4. The molecule has 0 saturated heterocycles. The average Bonchev–Trinajstić information content (AvgIpc) is 3.38. The topological polar surface area (TPSA) is 106 Å². The molecular weight excluding hydrogens is 404 g/mol. The average molecular weight is 428 g/mol. The van der Waals surface area contributed by atoms with Crippen LogP contribution in [0.4, 0.5) is 0 Å². The highest BCUT2D eigenvalue weighted by Crippen LogP contribution is 2.37. The molecule has 3 aromatic rings. The van der Waals surface area contributed by atoms with Crippen molar-refractivity contribution >= 4 is 11.5 Å². The van der Waals surface area contributed by atoms with E-state index in [1.807, 2.05) is 47.9 Å². The van der Waals surface area contributed by atoms with Crippen LogP contribution >= 0.6 is 0 Å². The van der Waals surface area contributed by atoms with E-state index in [9.17, 15) is 9.90 Å². The second-order valence-electron chi connectivity index (χ2n) is 7.63. The normalized spacial score (nSPS) is 15.4. The standard InChI is InChI=1S/C24H24N6O2/c1-2-3-5-18(22-29-28-17-30(22)16-24(32)9-10-24)7-13-27-23(31)21-14-19(8-12-26-21)20-6-4-11-25-15-20/h2-8,11-15,17,32H,9-10,16H2,1H3,(H,27,31)/b3-2-,13-7+,18-5+. The Hall–Kier alpha value is -3.91. The van der Waals surface area contributed by atoms with Gasteiger partial charge in [0.05, 0.1) is 12.1 Å². The zero-order chi connectivity index (χ0) is 22.4. The number of amides is 1. The fraction of sp³-hybridized carbons (Fsp3) is 0.208. The molecule has 3 heterocycles. The maximum absolute atomic E-state index is 12.6. The highest BCUT2D eigenvalue weighted by atomic mass is 16.3. The van der Waals surface area contributed by atoms with Gasteiger partial charge in [-0.1, -0.05) is 24.3 Å². The molecule has 0 radical (unpaired) electrons. The summed E-state index contributed by atoms with van der Waals surface area (Å²) in [6.07, 6.45) is 17.2. The predicted molar refractivity (Wildman–Crippen MR) is 121 cm³/mol. The fourth-order valence-corrected chi connectivity index (χ4v) is 3.17. The second kappa shape index (κ2) is 9.49. The maximum atomic E-state index is 12.6. The Labute approximate surface area is 186 Å². The molecule has 0 atom stereocenters. The number of carbonyl (C=O) groups excluding carboxylic acids is 1. The summed E-state index contributed by atoms with van der Waals surface area (Å²) >= 11 is 0. The summed E-state index contributed by atoms with van der Waals surface area (Å²) in [7, 11) is 0. The molecule has 1 fully saturated rings. The Bertz CT molecular complexity index is 1180. The highest BCUT2D eigenvalue weighted by molar-refractivity contribution is 5.94. The van der Waals surface area contributed by atoms with Crippen molar-refractivity contribution in [3.05, 3.63) is 91.2 Å². The van der Waals surface area contributed by atoms with Crippen molar-refractivity contribution in [3.63, 3.8) is 0 Å². The third-order valence-corrected chi connectivity index (χ3v) is 5.10. The second-order valence-corrected chi connectivity index (χ2v) is 7.63. The molecule has 3 aromatic heterocycles. The first-order chi connectivity index (χ1) is 15.6. The molecule has 162 valence electrons. The number of hydrogen-bond donors (Lipinski definition) is 2. The van der Waals surface area contributed by atoms with Gasteiger partial charge >= 0.3 is 0 Å². The number of nitrogens with one attached hydrogen (secondary N) is 1. The van der Waals surface area contributed by atoms with E-state index in [1.165, 1.54) is 0 Å². The van der Waals surface area contributed by atoms with Gasteiger partial charge < -0.3 is 15.0 Å². The van der Waals surface area contributed by atoms with E-state index < -0.39 is 5.60 Å². The molecule has 2 N–H and O–H groups in total. The molecule has 8 heteroatoms. The lowest BCUT2D eigenvalue weighted by atomic mass is 10.1. The molecule has 4 rings (SSSR count). The summed E-state index contributed by atoms with van der Waals surface area (Å²) in [6.45, 7) is 2.35. The summed E-state index contributed by atoms with van der Waals surface area (Å²) in [5.74, 6) is 0.289. The molecule has 1 aliphatic carbocycles. The molecule has 1 amide bonds. The van der Waals surface area contributed by atoms with Crippen LogP contribution in [0, 0.1) is 0 Å². The smallest absolute Gasteiger partial charge is 0.273 e. The van der Waals surface area contributed by atoms with E-state index in [2.05, 4.69) is 25.5 Å². The summed E-state index contributed by atoms with van der Waals surface area (Å²) < 4.78 is 1.83. The highest BCUT2D eigenvalue weighted by Gasteiger charge is 2.41. The van der Waals surface area contributed by atoms with Gasteiger partial charge in [-0.25, -0.2) is 0 Å². The van der Waals surface area contributed by atoms with E-state index >= 15 is 0 Å². The quantitative estimate of drug-likeness (QED) is 0.534. The van der Waals surface area contributed by atoms with Crippen molar-refractivity contribution in [2.24, 2.45) is 0 Å². The number of carbonyl (C=O) groups is 1. The van der Waals surface area contributed by atoms with Crippen molar-refractivity contribution in [2.45, 2.75) is 31.9 Å².